The maximum Gasteiger partial charge on any atom is 0.124 e. The van der Waals surface area contributed by atoms with E-state index in [9.17, 15) is 0 Å². The number of benzene rings is 2. The Hall–Kier alpha value is -1.51. The van der Waals surface area contributed by atoms with E-state index in [1.165, 1.54) is 5.56 Å². The van der Waals surface area contributed by atoms with E-state index in [0.717, 1.165) is 30.6 Å². The molecule has 2 rings (SSSR count). The zero-order chi connectivity index (χ0) is 15.1. The number of hydrogen-bond donors (Lipinski definition) is 1. The second-order valence-electron chi connectivity index (χ2n) is 5.26. The summed E-state index contributed by atoms with van der Waals surface area (Å²) in [4.78, 5) is 0. The SMILES string of the molecule is C[C@@H](N)c1cc(Cl)ccc1OCCCCc1ccccc1. The highest BCUT2D eigenvalue weighted by Gasteiger charge is 2.08. The van der Waals surface area contributed by atoms with E-state index in [2.05, 4.69) is 24.3 Å². The Morgan fingerprint density at radius 1 is 1.10 bits per heavy atom. The number of ether oxygens (including phenoxy) is 1. The Labute approximate surface area is 131 Å². The van der Waals surface area contributed by atoms with E-state index in [1.54, 1.807) is 0 Å². The van der Waals surface area contributed by atoms with Gasteiger partial charge in [-0.1, -0.05) is 41.9 Å². The molecular weight excluding hydrogens is 282 g/mol. The summed E-state index contributed by atoms with van der Waals surface area (Å²) in [6.07, 6.45) is 3.23. The average molecular weight is 304 g/mol. The summed E-state index contributed by atoms with van der Waals surface area (Å²) in [5.74, 6) is 0.842. The first-order valence-electron chi connectivity index (χ1n) is 7.38. The number of rotatable bonds is 7. The van der Waals surface area contributed by atoms with Crippen LogP contribution in [0.5, 0.6) is 5.75 Å². The lowest BCUT2D eigenvalue weighted by atomic mass is 10.1. The van der Waals surface area contributed by atoms with Gasteiger partial charge in [0.1, 0.15) is 5.75 Å². The zero-order valence-corrected chi connectivity index (χ0v) is 13.1. The molecule has 112 valence electrons. The first-order valence-corrected chi connectivity index (χ1v) is 7.76. The van der Waals surface area contributed by atoms with E-state index in [0.29, 0.717) is 11.6 Å². The van der Waals surface area contributed by atoms with Crippen LogP contribution in [0.15, 0.2) is 48.5 Å². The van der Waals surface area contributed by atoms with Crippen molar-refractivity contribution in [3.63, 3.8) is 0 Å². The van der Waals surface area contributed by atoms with Crippen molar-refractivity contribution in [1.82, 2.24) is 0 Å². The van der Waals surface area contributed by atoms with Gasteiger partial charge in [-0.2, -0.15) is 0 Å². The van der Waals surface area contributed by atoms with Gasteiger partial charge in [-0.3, -0.25) is 0 Å². The van der Waals surface area contributed by atoms with E-state index in [-0.39, 0.29) is 6.04 Å². The van der Waals surface area contributed by atoms with Crippen LogP contribution in [0.4, 0.5) is 0 Å². The molecule has 0 bridgehead atoms. The van der Waals surface area contributed by atoms with E-state index >= 15 is 0 Å². The van der Waals surface area contributed by atoms with Crippen molar-refractivity contribution in [1.29, 1.82) is 0 Å². The first kappa shape index (κ1) is 15.9. The van der Waals surface area contributed by atoms with Crippen molar-refractivity contribution in [2.24, 2.45) is 5.73 Å². The van der Waals surface area contributed by atoms with Gasteiger partial charge >= 0.3 is 0 Å². The van der Waals surface area contributed by atoms with Crippen LogP contribution >= 0.6 is 11.6 Å². The Morgan fingerprint density at radius 3 is 2.57 bits per heavy atom. The minimum absolute atomic E-state index is 0.0805. The molecule has 2 nitrogen and oxygen atoms in total. The van der Waals surface area contributed by atoms with Crippen molar-refractivity contribution >= 4 is 11.6 Å². The molecule has 1 atom stereocenters. The fraction of sp³-hybridized carbons (Fsp3) is 0.333. The maximum atomic E-state index is 6.00. The maximum absolute atomic E-state index is 6.00. The molecule has 3 heteroatoms. The Balaban J connectivity index is 1.78. The minimum Gasteiger partial charge on any atom is -0.493 e. The number of nitrogens with two attached hydrogens (primary N) is 1. The summed E-state index contributed by atoms with van der Waals surface area (Å²) in [7, 11) is 0. The topological polar surface area (TPSA) is 35.2 Å². The molecule has 0 amide bonds. The number of unbranched alkanes of at least 4 members (excludes halogenated alkanes) is 1. The molecule has 0 aliphatic carbocycles. The average Bonchev–Trinajstić information content (AvgIpc) is 2.49. The molecule has 21 heavy (non-hydrogen) atoms. The molecule has 2 N–H and O–H groups in total. The molecule has 0 aromatic heterocycles. The monoisotopic (exact) mass is 303 g/mol. The molecule has 0 spiro atoms. The molecule has 0 saturated carbocycles. The highest BCUT2D eigenvalue weighted by molar-refractivity contribution is 6.30. The van der Waals surface area contributed by atoms with E-state index in [4.69, 9.17) is 22.1 Å². The molecule has 2 aromatic carbocycles. The molecule has 0 fully saturated rings. The van der Waals surface area contributed by atoms with Crippen LogP contribution in [0.25, 0.3) is 0 Å². The van der Waals surface area contributed by atoms with Gasteiger partial charge in [0.05, 0.1) is 6.61 Å². The van der Waals surface area contributed by atoms with Gasteiger partial charge in [0.2, 0.25) is 0 Å². The van der Waals surface area contributed by atoms with Crippen LogP contribution < -0.4 is 10.5 Å². The molecule has 0 heterocycles. The highest BCUT2D eigenvalue weighted by atomic mass is 35.5. The Morgan fingerprint density at radius 2 is 1.86 bits per heavy atom. The third-order valence-corrected chi connectivity index (χ3v) is 3.66. The molecule has 0 unspecified atom stereocenters. The summed E-state index contributed by atoms with van der Waals surface area (Å²) in [6, 6.07) is 16.1. The summed E-state index contributed by atoms with van der Waals surface area (Å²) >= 11 is 6.00. The van der Waals surface area contributed by atoms with Crippen LogP contribution in [0, 0.1) is 0 Å². The van der Waals surface area contributed by atoms with Gasteiger partial charge in [0.15, 0.2) is 0 Å². The molecule has 0 aliphatic rings. The summed E-state index contributed by atoms with van der Waals surface area (Å²) < 4.78 is 5.85. The third-order valence-electron chi connectivity index (χ3n) is 3.42. The van der Waals surface area contributed by atoms with Crippen molar-refractivity contribution in [3.8, 4) is 5.75 Å². The molecule has 0 saturated heterocycles. The van der Waals surface area contributed by atoms with Crippen molar-refractivity contribution in [2.45, 2.75) is 32.2 Å². The Bertz CT molecular complexity index is 554. The number of hydrogen-bond acceptors (Lipinski definition) is 2. The van der Waals surface area contributed by atoms with Crippen molar-refractivity contribution in [2.75, 3.05) is 6.61 Å². The van der Waals surface area contributed by atoms with Gasteiger partial charge in [-0.05, 0) is 49.9 Å². The van der Waals surface area contributed by atoms with Crippen LogP contribution in [0.3, 0.4) is 0 Å². The molecule has 0 aliphatic heterocycles. The lowest BCUT2D eigenvalue weighted by Gasteiger charge is -2.14. The summed E-state index contributed by atoms with van der Waals surface area (Å²) in [6.45, 7) is 2.64. The van der Waals surface area contributed by atoms with Gasteiger partial charge in [0, 0.05) is 16.6 Å². The van der Waals surface area contributed by atoms with Crippen LogP contribution in [0.1, 0.15) is 36.9 Å². The van der Waals surface area contributed by atoms with Crippen LogP contribution in [-0.2, 0) is 6.42 Å². The molecule has 2 aromatic rings. The van der Waals surface area contributed by atoms with E-state index < -0.39 is 0 Å². The van der Waals surface area contributed by atoms with Gasteiger partial charge in [0.25, 0.3) is 0 Å². The quantitative estimate of drug-likeness (QED) is 0.748. The lowest BCUT2D eigenvalue weighted by Crippen LogP contribution is -2.08. The second kappa shape index (κ2) is 8.06. The van der Waals surface area contributed by atoms with Crippen LogP contribution in [0.2, 0.25) is 5.02 Å². The summed E-state index contributed by atoms with van der Waals surface area (Å²) in [5, 5.41) is 0.693. The first-order chi connectivity index (χ1) is 10.2. The fourth-order valence-electron chi connectivity index (χ4n) is 2.26. The highest BCUT2D eigenvalue weighted by Crippen LogP contribution is 2.27. The second-order valence-corrected chi connectivity index (χ2v) is 5.70. The minimum atomic E-state index is -0.0805. The van der Waals surface area contributed by atoms with Gasteiger partial charge in [-0.15, -0.1) is 0 Å². The largest absolute Gasteiger partial charge is 0.493 e. The van der Waals surface area contributed by atoms with Crippen molar-refractivity contribution < 1.29 is 4.74 Å². The number of halogens is 1. The van der Waals surface area contributed by atoms with Crippen molar-refractivity contribution in [3.05, 3.63) is 64.7 Å². The lowest BCUT2D eigenvalue weighted by molar-refractivity contribution is 0.302. The summed E-state index contributed by atoms with van der Waals surface area (Å²) in [5.41, 5.74) is 8.29. The third kappa shape index (κ3) is 5.07. The Kier molecular flexibility index (Phi) is 6.09. The molecule has 0 radical (unpaired) electrons. The van der Waals surface area contributed by atoms with Gasteiger partial charge < -0.3 is 10.5 Å². The fourth-order valence-corrected chi connectivity index (χ4v) is 2.45. The smallest absolute Gasteiger partial charge is 0.124 e. The van der Waals surface area contributed by atoms with Gasteiger partial charge in [-0.25, -0.2) is 0 Å². The predicted molar refractivity (Wildman–Crippen MR) is 88.9 cm³/mol. The normalized spacial score (nSPS) is 12.1. The van der Waals surface area contributed by atoms with Crippen LogP contribution in [-0.4, -0.2) is 6.61 Å². The molecular formula is C18H22ClNO. The number of aryl methyl sites for hydroxylation is 1. The predicted octanol–water partition coefficient (Wildman–Crippen LogP) is 4.76. The van der Waals surface area contributed by atoms with E-state index in [1.807, 2.05) is 31.2 Å². The zero-order valence-electron chi connectivity index (χ0n) is 12.4. The standard InChI is InChI=1S/C18H22ClNO/c1-14(20)17-13-16(19)10-11-18(17)21-12-6-5-9-15-7-3-2-4-8-15/h2-4,7-8,10-11,13-14H,5-6,9,12,20H2,1H3/t14-/m1/s1.